The van der Waals surface area contributed by atoms with Crippen LogP contribution in [0.25, 0.3) is 11.0 Å². The van der Waals surface area contributed by atoms with Crippen molar-refractivity contribution in [1.29, 1.82) is 0 Å². The zero-order valence-electron chi connectivity index (χ0n) is 9.53. The van der Waals surface area contributed by atoms with Crippen molar-refractivity contribution in [3.05, 3.63) is 43.0 Å². The van der Waals surface area contributed by atoms with Crippen molar-refractivity contribution in [2.75, 3.05) is 5.73 Å². The zero-order valence-corrected chi connectivity index (χ0v) is 13.4. The van der Waals surface area contributed by atoms with Crippen LogP contribution in [0, 0.1) is 0 Å². The van der Waals surface area contributed by atoms with Crippen LogP contribution in [0.2, 0.25) is 10.0 Å². The minimum Gasteiger partial charge on any atom is -0.369 e. The number of anilines is 1. The third-order valence-corrected chi connectivity index (χ3v) is 5.16. The Morgan fingerprint density at radius 3 is 2.68 bits per heavy atom. The molecule has 0 saturated heterocycles. The van der Waals surface area contributed by atoms with Gasteiger partial charge in [0, 0.05) is 14.7 Å². The number of nitrogens with zero attached hydrogens (tertiary/aromatic N) is 2. The monoisotopic (exact) mass is 375 g/mol. The Balaban J connectivity index is 2.12. The predicted octanol–water partition coefficient (Wildman–Crippen LogP) is 4.80. The first-order valence-electron chi connectivity index (χ1n) is 5.38. The molecule has 0 aliphatic heterocycles. The molecule has 2 heterocycles. The van der Waals surface area contributed by atoms with Gasteiger partial charge in [0.1, 0.15) is 0 Å². The van der Waals surface area contributed by atoms with Crippen LogP contribution in [-0.2, 0) is 6.54 Å². The van der Waals surface area contributed by atoms with Crippen molar-refractivity contribution in [3.63, 3.8) is 0 Å². The lowest BCUT2D eigenvalue weighted by Crippen LogP contribution is -2.03. The van der Waals surface area contributed by atoms with Gasteiger partial charge in [-0.15, -0.1) is 11.3 Å². The van der Waals surface area contributed by atoms with Crippen LogP contribution in [0.1, 0.15) is 4.88 Å². The smallest absolute Gasteiger partial charge is 0.201 e. The van der Waals surface area contributed by atoms with Crippen molar-refractivity contribution >= 4 is 67.5 Å². The van der Waals surface area contributed by atoms with E-state index in [1.54, 1.807) is 23.5 Å². The molecule has 7 heteroatoms. The lowest BCUT2D eigenvalue weighted by atomic mass is 10.3. The molecule has 2 aromatic heterocycles. The topological polar surface area (TPSA) is 43.8 Å². The summed E-state index contributed by atoms with van der Waals surface area (Å²) in [7, 11) is 0. The highest BCUT2D eigenvalue weighted by Crippen LogP contribution is 2.30. The van der Waals surface area contributed by atoms with Crippen molar-refractivity contribution in [2.24, 2.45) is 0 Å². The van der Waals surface area contributed by atoms with Crippen LogP contribution < -0.4 is 5.73 Å². The SMILES string of the molecule is Nc1nc2cc(Cl)c(Cl)cc2n1Cc1cc(Br)cs1. The number of imidazole rings is 1. The minimum absolute atomic E-state index is 0.456. The van der Waals surface area contributed by atoms with Gasteiger partial charge >= 0.3 is 0 Å². The quantitative estimate of drug-likeness (QED) is 0.698. The number of hydrogen-bond donors (Lipinski definition) is 1. The van der Waals surface area contributed by atoms with E-state index in [0.29, 0.717) is 22.5 Å². The number of benzene rings is 1. The highest BCUT2D eigenvalue weighted by molar-refractivity contribution is 9.10. The fourth-order valence-electron chi connectivity index (χ4n) is 1.90. The summed E-state index contributed by atoms with van der Waals surface area (Å²) in [6, 6.07) is 5.59. The highest BCUT2D eigenvalue weighted by Gasteiger charge is 2.12. The van der Waals surface area contributed by atoms with Crippen LogP contribution in [0.4, 0.5) is 5.95 Å². The number of halogens is 3. The van der Waals surface area contributed by atoms with E-state index in [2.05, 4.69) is 27.0 Å². The second-order valence-electron chi connectivity index (χ2n) is 4.04. The molecule has 1 aromatic carbocycles. The first kappa shape index (κ1) is 13.2. The summed E-state index contributed by atoms with van der Waals surface area (Å²) in [5, 5.41) is 3.02. The van der Waals surface area contributed by atoms with Gasteiger partial charge in [0.25, 0.3) is 0 Å². The van der Waals surface area contributed by atoms with Crippen molar-refractivity contribution in [3.8, 4) is 0 Å². The molecule has 3 nitrogen and oxygen atoms in total. The predicted molar refractivity (Wildman–Crippen MR) is 85.3 cm³/mol. The van der Waals surface area contributed by atoms with Crippen molar-refractivity contribution in [2.45, 2.75) is 6.54 Å². The Kier molecular flexibility index (Phi) is 3.47. The fraction of sp³-hybridized carbons (Fsp3) is 0.0833. The van der Waals surface area contributed by atoms with Crippen molar-refractivity contribution < 1.29 is 0 Å². The van der Waals surface area contributed by atoms with Crippen LogP contribution in [0.15, 0.2) is 28.1 Å². The van der Waals surface area contributed by atoms with Crippen molar-refractivity contribution in [1.82, 2.24) is 9.55 Å². The van der Waals surface area contributed by atoms with E-state index in [0.717, 1.165) is 15.5 Å². The largest absolute Gasteiger partial charge is 0.369 e. The maximum atomic E-state index is 6.06. The molecule has 98 valence electrons. The van der Waals surface area contributed by atoms with Gasteiger partial charge in [0.2, 0.25) is 5.95 Å². The van der Waals surface area contributed by atoms with Gasteiger partial charge in [-0.3, -0.25) is 0 Å². The van der Waals surface area contributed by atoms with Crippen LogP contribution in [-0.4, -0.2) is 9.55 Å². The summed E-state index contributed by atoms with van der Waals surface area (Å²) in [5.41, 5.74) is 7.60. The maximum absolute atomic E-state index is 6.06. The van der Waals surface area contributed by atoms with Gasteiger partial charge in [-0.25, -0.2) is 4.98 Å². The average molecular weight is 377 g/mol. The number of aromatic nitrogens is 2. The molecular formula is C12H8BrCl2N3S. The molecule has 0 aliphatic carbocycles. The molecule has 3 rings (SSSR count). The lowest BCUT2D eigenvalue weighted by Gasteiger charge is -2.05. The van der Waals surface area contributed by atoms with Gasteiger partial charge in [-0.2, -0.15) is 0 Å². The number of fused-ring (bicyclic) bond motifs is 1. The van der Waals surface area contributed by atoms with Gasteiger partial charge in [0.05, 0.1) is 27.6 Å². The van der Waals surface area contributed by atoms with E-state index in [4.69, 9.17) is 28.9 Å². The summed E-state index contributed by atoms with van der Waals surface area (Å²) >= 11 is 17.1. The molecule has 0 spiro atoms. The molecule has 0 atom stereocenters. The van der Waals surface area contributed by atoms with Crippen LogP contribution in [0.3, 0.4) is 0 Å². The molecule has 0 unspecified atom stereocenters. The minimum atomic E-state index is 0.456. The lowest BCUT2D eigenvalue weighted by molar-refractivity contribution is 0.852. The molecule has 0 aliphatic rings. The molecule has 0 fully saturated rings. The number of thiophene rings is 1. The third kappa shape index (κ3) is 2.48. The fourth-order valence-corrected chi connectivity index (χ4v) is 3.65. The van der Waals surface area contributed by atoms with Gasteiger partial charge in [0.15, 0.2) is 0 Å². The summed E-state index contributed by atoms with van der Waals surface area (Å²) in [6.07, 6.45) is 0. The molecule has 0 saturated carbocycles. The second kappa shape index (κ2) is 4.98. The summed E-state index contributed by atoms with van der Waals surface area (Å²) < 4.78 is 2.99. The molecular weight excluding hydrogens is 369 g/mol. The number of rotatable bonds is 2. The number of nitrogens with two attached hydrogens (primary N) is 1. The van der Waals surface area contributed by atoms with Gasteiger partial charge < -0.3 is 10.3 Å². The van der Waals surface area contributed by atoms with E-state index in [1.165, 1.54) is 4.88 Å². The van der Waals surface area contributed by atoms with Gasteiger partial charge in [-0.1, -0.05) is 23.2 Å². The Bertz CT molecular complexity index is 766. The molecule has 2 N–H and O–H groups in total. The second-order valence-corrected chi connectivity index (χ2v) is 6.77. The van der Waals surface area contributed by atoms with E-state index >= 15 is 0 Å². The molecule has 0 bridgehead atoms. The molecule has 3 aromatic rings. The standard InChI is InChI=1S/C12H8BrCl2N3S/c13-6-1-7(19-5-6)4-18-11-3-9(15)8(14)2-10(11)17-12(18)16/h1-3,5H,4H2,(H2,16,17). The number of nitrogen functional groups attached to an aromatic ring is 1. The Morgan fingerprint density at radius 2 is 2.00 bits per heavy atom. The Hall–Kier alpha value is -0.750. The van der Waals surface area contributed by atoms with Gasteiger partial charge in [-0.05, 0) is 34.1 Å². The van der Waals surface area contributed by atoms with Crippen LogP contribution >= 0.6 is 50.5 Å². The molecule has 0 radical (unpaired) electrons. The van der Waals surface area contributed by atoms with E-state index in [-0.39, 0.29) is 0 Å². The Morgan fingerprint density at radius 1 is 1.26 bits per heavy atom. The summed E-state index contributed by atoms with van der Waals surface area (Å²) in [5.74, 6) is 0.456. The first-order valence-corrected chi connectivity index (χ1v) is 7.81. The maximum Gasteiger partial charge on any atom is 0.201 e. The zero-order chi connectivity index (χ0) is 13.6. The first-order chi connectivity index (χ1) is 9.04. The molecule has 19 heavy (non-hydrogen) atoms. The summed E-state index contributed by atoms with van der Waals surface area (Å²) in [6.45, 7) is 0.663. The number of hydrogen-bond acceptors (Lipinski definition) is 3. The average Bonchev–Trinajstić information content (AvgIpc) is 2.87. The van der Waals surface area contributed by atoms with E-state index in [1.807, 2.05) is 9.95 Å². The van der Waals surface area contributed by atoms with E-state index in [9.17, 15) is 0 Å². The Labute approximate surface area is 132 Å². The third-order valence-electron chi connectivity index (χ3n) is 2.76. The molecule has 0 amide bonds. The van der Waals surface area contributed by atoms with Crippen LogP contribution in [0.5, 0.6) is 0 Å². The highest BCUT2D eigenvalue weighted by atomic mass is 79.9. The van der Waals surface area contributed by atoms with E-state index < -0.39 is 0 Å². The normalized spacial score (nSPS) is 11.3. The summed E-state index contributed by atoms with van der Waals surface area (Å²) in [4.78, 5) is 5.49.